The van der Waals surface area contributed by atoms with E-state index in [9.17, 15) is 20.4 Å². The summed E-state index contributed by atoms with van der Waals surface area (Å²) in [6.45, 7) is 1.89. The molecule has 0 fully saturated rings. The number of phenols is 4. The highest BCUT2D eigenvalue weighted by Crippen LogP contribution is 2.43. The molecule has 0 bridgehead atoms. The van der Waals surface area contributed by atoms with E-state index in [0.29, 0.717) is 21.9 Å². The van der Waals surface area contributed by atoms with Gasteiger partial charge in [0.2, 0.25) is 0 Å². The summed E-state index contributed by atoms with van der Waals surface area (Å²) in [4.78, 5) is 0. The maximum absolute atomic E-state index is 10.5. The molecule has 26 heavy (non-hydrogen) atoms. The molecule has 0 unspecified atom stereocenters. The molecule has 130 valence electrons. The minimum Gasteiger partial charge on any atom is -0.508 e. The molecule has 4 rings (SSSR count). The molecule has 4 aromatic rings. The Morgan fingerprint density at radius 3 is 1.38 bits per heavy atom. The molecule has 0 aromatic heterocycles. The summed E-state index contributed by atoms with van der Waals surface area (Å²) in [5, 5.41) is 44.1. The molecule has 0 aliphatic heterocycles. The van der Waals surface area contributed by atoms with Crippen LogP contribution in [0.4, 0.5) is 0 Å². The van der Waals surface area contributed by atoms with E-state index in [2.05, 4.69) is 0 Å². The molecular weight excluding hydrogens is 328 g/mol. The van der Waals surface area contributed by atoms with E-state index in [1.165, 1.54) is 0 Å². The normalized spacial score (nSPS) is 11.5. The van der Waals surface area contributed by atoms with Crippen LogP contribution in [0.3, 0.4) is 0 Å². The van der Waals surface area contributed by atoms with Crippen LogP contribution >= 0.6 is 0 Å². The van der Waals surface area contributed by atoms with E-state index in [4.69, 9.17) is 0 Å². The van der Waals surface area contributed by atoms with Crippen LogP contribution in [0.1, 0.15) is 24.0 Å². The number of aromatic hydroxyl groups is 4. The highest BCUT2D eigenvalue weighted by atomic mass is 16.3. The third-order valence-corrected chi connectivity index (χ3v) is 4.91. The number of hydrogen-bond acceptors (Lipinski definition) is 4. The molecule has 4 N–H and O–H groups in total. The van der Waals surface area contributed by atoms with Gasteiger partial charge in [-0.25, -0.2) is 0 Å². The molecule has 4 heteroatoms. The van der Waals surface area contributed by atoms with Crippen LogP contribution in [0.5, 0.6) is 23.0 Å². The van der Waals surface area contributed by atoms with Crippen LogP contribution < -0.4 is 0 Å². The Kier molecular flexibility index (Phi) is 3.62. The van der Waals surface area contributed by atoms with Gasteiger partial charge in [-0.05, 0) is 57.9 Å². The number of rotatable bonds is 2. The van der Waals surface area contributed by atoms with Crippen LogP contribution in [-0.4, -0.2) is 20.4 Å². The van der Waals surface area contributed by atoms with Crippen molar-refractivity contribution in [2.45, 2.75) is 12.8 Å². The molecule has 0 heterocycles. The summed E-state index contributed by atoms with van der Waals surface area (Å²) < 4.78 is 0. The van der Waals surface area contributed by atoms with Gasteiger partial charge < -0.3 is 20.4 Å². The van der Waals surface area contributed by atoms with Gasteiger partial charge in [0, 0.05) is 17.0 Å². The zero-order chi connectivity index (χ0) is 18.4. The highest BCUT2D eigenvalue weighted by Gasteiger charge is 2.21. The average molecular weight is 346 g/mol. The van der Waals surface area contributed by atoms with E-state index < -0.39 is 0 Å². The lowest BCUT2D eigenvalue weighted by molar-refractivity contribution is 0.458. The zero-order valence-corrected chi connectivity index (χ0v) is 14.1. The van der Waals surface area contributed by atoms with Gasteiger partial charge in [-0.1, -0.05) is 31.2 Å². The van der Waals surface area contributed by atoms with Gasteiger partial charge in [-0.15, -0.1) is 0 Å². The monoisotopic (exact) mass is 346 g/mol. The van der Waals surface area contributed by atoms with Crippen LogP contribution in [0.2, 0.25) is 0 Å². The van der Waals surface area contributed by atoms with Crippen molar-refractivity contribution in [1.29, 1.82) is 0 Å². The highest BCUT2D eigenvalue weighted by molar-refractivity contribution is 5.93. The molecule has 0 atom stereocenters. The van der Waals surface area contributed by atoms with Crippen molar-refractivity contribution in [2.75, 3.05) is 0 Å². The zero-order valence-electron chi connectivity index (χ0n) is 14.1. The molecule has 0 saturated heterocycles. The maximum atomic E-state index is 10.5. The van der Waals surface area contributed by atoms with Crippen molar-refractivity contribution in [1.82, 2.24) is 0 Å². The Balaban J connectivity index is 2.04. The van der Waals surface area contributed by atoms with Crippen molar-refractivity contribution in [3.05, 3.63) is 71.8 Å². The molecule has 0 saturated carbocycles. The average Bonchev–Trinajstić information content (AvgIpc) is 2.60. The molecule has 4 aromatic carbocycles. The number of phenolic OH excluding ortho intramolecular Hbond substituents is 4. The predicted octanol–water partition coefficient (Wildman–Crippen LogP) is 4.97. The summed E-state index contributed by atoms with van der Waals surface area (Å²) in [7, 11) is 0. The van der Waals surface area contributed by atoms with Crippen molar-refractivity contribution in [2.24, 2.45) is 0 Å². The summed E-state index contributed by atoms with van der Waals surface area (Å²) >= 11 is 0. The third kappa shape index (κ3) is 2.47. The molecule has 0 aliphatic rings. The van der Waals surface area contributed by atoms with Gasteiger partial charge in [-0.2, -0.15) is 0 Å². The fourth-order valence-corrected chi connectivity index (χ4v) is 3.69. The standard InChI is InChI=1S/C22H18O4/c1-12(21-17-10-15(23)6-2-13(17)4-8-19(21)25)22-18-11-16(24)7-3-14(18)5-9-20(22)26/h2-12,23-26H,1H3. The Morgan fingerprint density at radius 2 is 0.962 bits per heavy atom. The van der Waals surface area contributed by atoms with Crippen LogP contribution in [0, 0.1) is 0 Å². The minimum atomic E-state index is -0.369. The lowest BCUT2D eigenvalue weighted by Crippen LogP contribution is -2.00. The van der Waals surface area contributed by atoms with E-state index in [1.807, 2.05) is 6.92 Å². The third-order valence-electron chi connectivity index (χ3n) is 4.91. The molecule has 4 nitrogen and oxygen atoms in total. The number of fused-ring (bicyclic) bond motifs is 2. The largest absolute Gasteiger partial charge is 0.508 e. The number of benzene rings is 4. The summed E-state index contributed by atoms with van der Waals surface area (Å²) in [6, 6.07) is 16.8. The second-order valence-electron chi connectivity index (χ2n) is 6.53. The first kappa shape index (κ1) is 16.1. The molecule has 0 spiro atoms. The Hall–Kier alpha value is -3.40. The van der Waals surface area contributed by atoms with Crippen molar-refractivity contribution in [3.63, 3.8) is 0 Å². The van der Waals surface area contributed by atoms with Crippen molar-refractivity contribution >= 4 is 21.5 Å². The Bertz CT molecular complexity index is 1050. The van der Waals surface area contributed by atoms with E-state index >= 15 is 0 Å². The van der Waals surface area contributed by atoms with Crippen LogP contribution in [0.15, 0.2) is 60.7 Å². The SMILES string of the molecule is CC(c1c(O)ccc2ccc(O)cc12)c1c(O)ccc2ccc(O)cc12. The first-order valence-corrected chi connectivity index (χ1v) is 8.35. The molecular formula is C22H18O4. The van der Waals surface area contributed by atoms with Gasteiger partial charge >= 0.3 is 0 Å². The van der Waals surface area contributed by atoms with Gasteiger partial charge in [0.05, 0.1) is 0 Å². The lowest BCUT2D eigenvalue weighted by Gasteiger charge is -2.20. The van der Waals surface area contributed by atoms with Crippen LogP contribution in [0.25, 0.3) is 21.5 Å². The molecule has 0 amide bonds. The van der Waals surface area contributed by atoms with Gasteiger partial charge in [-0.3, -0.25) is 0 Å². The quantitative estimate of drug-likeness (QED) is 0.413. The second kappa shape index (κ2) is 5.85. The smallest absolute Gasteiger partial charge is 0.120 e. The fourth-order valence-electron chi connectivity index (χ4n) is 3.69. The van der Waals surface area contributed by atoms with Gasteiger partial charge in [0.15, 0.2) is 0 Å². The van der Waals surface area contributed by atoms with Crippen LogP contribution in [-0.2, 0) is 0 Å². The summed E-state index contributed by atoms with van der Waals surface area (Å²) in [5.41, 5.74) is 1.23. The predicted molar refractivity (Wildman–Crippen MR) is 102 cm³/mol. The van der Waals surface area contributed by atoms with Crippen molar-refractivity contribution in [3.8, 4) is 23.0 Å². The van der Waals surface area contributed by atoms with E-state index in [0.717, 1.165) is 10.8 Å². The first-order valence-electron chi connectivity index (χ1n) is 8.35. The Morgan fingerprint density at radius 1 is 0.577 bits per heavy atom. The maximum Gasteiger partial charge on any atom is 0.120 e. The molecule has 0 aliphatic carbocycles. The van der Waals surface area contributed by atoms with Crippen molar-refractivity contribution < 1.29 is 20.4 Å². The fraction of sp³-hybridized carbons (Fsp3) is 0.0909. The topological polar surface area (TPSA) is 80.9 Å². The van der Waals surface area contributed by atoms with Gasteiger partial charge in [0.1, 0.15) is 23.0 Å². The number of hydrogen-bond donors (Lipinski definition) is 4. The minimum absolute atomic E-state index is 0.0900. The second-order valence-corrected chi connectivity index (χ2v) is 6.53. The Labute approximate surface area is 150 Å². The lowest BCUT2D eigenvalue weighted by atomic mass is 9.85. The van der Waals surface area contributed by atoms with E-state index in [1.54, 1.807) is 60.7 Å². The van der Waals surface area contributed by atoms with Gasteiger partial charge in [0.25, 0.3) is 0 Å². The molecule has 0 radical (unpaired) electrons. The van der Waals surface area contributed by atoms with E-state index in [-0.39, 0.29) is 28.9 Å². The first-order chi connectivity index (χ1) is 12.5. The summed E-state index contributed by atoms with van der Waals surface area (Å²) in [5.74, 6) is 0.0259. The summed E-state index contributed by atoms with van der Waals surface area (Å²) in [6.07, 6.45) is 0.